The zero-order valence-corrected chi connectivity index (χ0v) is 40.7. The molecule has 0 aliphatic heterocycles. The van der Waals surface area contributed by atoms with E-state index in [1.54, 1.807) is 0 Å². The molecule has 60 heavy (non-hydrogen) atoms. The van der Waals surface area contributed by atoms with Gasteiger partial charge in [0, 0.05) is 12.8 Å². The van der Waals surface area contributed by atoms with E-state index in [0.29, 0.717) is 25.9 Å². The first-order valence-electron chi connectivity index (χ1n) is 27.3. The van der Waals surface area contributed by atoms with Crippen LogP contribution >= 0.6 is 0 Å². The number of ether oxygens (including phenoxy) is 1. The van der Waals surface area contributed by atoms with E-state index in [1.165, 1.54) is 231 Å². The lowest BCUT2D eigenvalue weighted by Gasteiger charge is -2.22. The van der Waals surface area contributed by atoms with Crippen LogP contribution in [0, 0.1) is 0 Å². The van der Waals surface area contributed by atoms with Crippen molar-refractivity contribution in [3.8, 4) is 0 Å². The van der Waals surface area contributed by atoms with Gasteiger partial charge in [0.1, 0.15) is 0 Å². The van der Waals surface area contributed by atoms with Gasteiger partial charge in [-0.3, -0.25) is 9.59 Å². The van der Waals surface area contributed by atoms with Crippen molar-refractivity contribution in [2.24, 2.45) is 0 Å². The number of esters is 1. The predicted molar refractivity (Wildman–Crippen MR) is 260 cm³/mol. The molecule has 3 N–H and O–H groups in total. The smallest absolute Gasteiger partial charge is 0.305 e. The maximum atomic E-state index is 12.5. The Hall–Kier alpha value is -1.14. The van der Waals surface area contributed by atoms with Crippen LogP contribution in [0.1, 0.15) is 309 Å². The Kier molecular flexibility index (Phi) is 49.5. The van der Waals surface area contributed by atoms with Gasteiger partial charge >= 0.3 is 5.97 Å². The molecule has 0 aromatic rings. The molecule has 0 aromatic carbocycles. The molecule has 0 bridgehead atoms. The molecule has 6 nitrogen and oxygen atoms in total. The summed E-state index contributed by atoms with van der Waals surface area (Å²) in [6.07, 6.45) is 56.5. The van der Waals surface area contributed by atoms with Crippen LogP contribution in [0.15, 0.2) is 0 Å². The molecule has 0 heterocycles. The van der Waals surface area contributed by atoms with Crippen molar-refractivity contribution in [1.29, 1.82) is 0 Å². The number of amides is 1. The molecular weight excluding hydrogens is 743 g/mol. The summed E-state index contributed by atoms with van der Waals surface area (Å²) in [6.45, 7) is 4.95. The number of aliphatic hydroxyl groups excluding tert-OH is 2. The first-order chi connectivity index (χ1) is 29.5. The van der Waals surface area contributed by atoms with E-state index < -0.39 is 12.1 Å². The van der Waals surface area contributed by atoms with E-state index in [-0.39, 0.29) is 18.5 Å². The first-order valence-corrected chi connectivity index (χ1v) is 27.3. The summed E-state index contributed by atoms with van der Waals surface area (Å²) < 4.78 is 5.47. The zero-order chi connectivity index (χ0) is 43.7. The molecule has 0 saturated carbocycles. The molecule has 0 aliphatic rings. The fourth-order valence-electron chi connectivity index (χ4n) is 8.70. The van der Waals surface area contributed by atoms with Crippen LogP contribution in [0.4, 0.5) is 0 Å². The van der Waals surface area contributed by atoms with Crippen molar-refractivity contribution in [3.05, 3.63) is 0 Å². The minimum absolute atomic E-state index is 0.00540. The van der Waals surface area contributed by atoms with Gasteiger partial charge in [-0.15, -0.1) is 0 Å². The lowest BCUT2D eigenvalue weighted by molar-refractivity contribution is -0.143. The van der Waals surface area contributed by atoms with Crippen LogP contribution in [0.25, 0.3) is 0 Å². The summed E-state index contributed by atoms with van der Waals surface area (Å²) in [5, 5.41) is 23.2. The molecule has 1 amide bonds. The van der Waals surface area contributed by atoms with Gasteiger partial charge in [0.05, 0.1) is 25.4 Å². The van der Waals surface area contributed by atoms with Crippen molar-refractivity contribution in [3.63, 3.8) is 0 Å². The fourth-order valence-corrected chi connectivity index (χ4v) is 8.70. The van der Waals surface area contributed by atoms with Gasteiger partial charge in [-0.1, -0.05) is 271 Å². The average molecular weight is 850 g/mol. The molecule has 0 saturated heterocycles. The van der Waals surface area contributed by atoms with E-state index in [9.17, 15) is 19.8 Å². The summed E-state index contributed by atoms with van der Waals surface area (Å²) in [5.74, 6) is -0.0343. The third-order valence-corrected chi connectivity index (χ3v) is 12.9. The molecule has 0 fully saturated rings. The van der Waals surface area contributed by atoms with Gasteiger partial charge in [0.15, 0.2) is 0 Å². The summed E-state index contributed by atoms with van der Waals surface area (Å²) >= 11 is 0. The summed E-state index contributed by atoms with van der Waals surface area (Å²) in [6, 6.07) is -0.544. The first kappa shape index (κ1) is 58.9. The van der Waals surface area contributed by atoms with Crippen LogP contribution in [0.5, 0.6) is 0 Å². The van der Waals surface area contributed by atoms with Gasteiger partial charge in [-0.25, -0.2) is 0 Å². The summed E-state index contributed by atoms with van der Waals surface area (Å²) in [7, 11) is 0. The Morgan fingerprint density at radius 1 is 0.400 bits per heavy atom. The third kappa shape index (κ3) is 46.4. The van der Waals surface area contributed by atoms with Gasteiger partial charge in [0.25, 0.3) is 0 Å². The maximum absolute atomic E-state index is 12.5. The highest BCUT2D eigenvalue weighted by molar-refractivity contribution is 5.76. The largest absolute Gasteiger partial charge is 0.466 e. The van der Waals surface area contributed by atoms with E-state index in [0.717, 1.165) is 44.9 Å². The number of rotatable bonds is 51. The third-order valence-electron chi connectivity index (χ3n) is 12.9. The zero-order valence-electron chi connectivity index (χ0n) is 40.7. The average Bonchev–Trinajstić information content (AvgIpc) is 3.25. The molecular formula is C54H107NO5. The van der Waals surface area contributed by atoms with E-state index in [2.05, 4.69) is 19.2 Å². The molecule has 0 aliphatic carbocycles. The Morgan fingerprint density at radius 3 is 1.02 bits per heavy atom. The second-order valence-electron chi connectivity index (χ2n) is 18.9. The number of carbonyl (C=O) groups is 2. The number of hydrogen-bond acceptors (Lipinski definition) is 5. The Bertz CT molecular complexity index is 852. The van der Waals surface area contributed by atoms with Crippen molar-refractivity contribution in [2.45, 2.75) is 321 Å². The number of carbonyl (C=O) groups excluding carboxylic acids is 2. The van der Waals surface area contributed by atoms with Crippen molar-refractivity contribution >= 4 is 11.9 Å². The fraction of sp³-hybridized carbons (Fsp3) is 0.963. The number of unbranched alkanes of at least 4 members (excludes halogenated alkanes) is 40. The van der Waals surface area contributed by atoms with Crippen molar-refractivity contribution in [1.82, 2.24) is 5.32 Å². The SMILES string of the molecule is CCCCCCCCCCCCCCCCC(O)C(CO)NC(=O)CCCCCCCCCCCCCCCCCCOC(=O)CCCCCCCCCCCCCCC. The van der Waals surface area contributed by atoms with Crippen molar-refractivity contribution in [2.75, 3.05) is 13.2 Å². The topological polar surface area (TPSA) is 95.9 Å². The molecule has 0 spiro atoms. The molecule has 6 heteroatoms. The van der Waals surface area contributed by atoms with Gasteiger partial charge in [-0.05, 0) is 25.7 Å². The van der Waals surface area contributed by atoms with Gasteiger partial charge in [0.2, 0.25) is 5.91 Å². The Morgan fingerprint density at radius 2 is 0.683 bits per heavy atom. The standard InChI is InChI=1S/C54H107NO5/c1-3-5-7-9-11-13-15-17-23-26-30-34-38-42-46-52(57)51(50-56)55-53(58)47-43-39-35-31-27-24-20-18-19-21-25-29-33-37-41-45-49-60-54(59)48-44-40-36-32-28-22-16-14-12-10-8-6-4-2/h51-52,56-57H,3-50H2,1-2H3,(H,55,58). The predicted octanol–water partition coefficient (Wildman–Crippen LogP) is 16.4. The monoisotopic (exact) mass is 850 g/mol. The van der Waals surface area contributed by atoms with E-state index in [4.69, 9.17) is 4.74 Å². The maximum Gasteiger partial charge on any atom is 0.305 e. The van der Waals surface area contributed by atoms with E-state index in [1.807, 2.05) is 0 Å². The quantitative estimate of drug-likeness (QED) is 0.0418. The van der Waals surface area contributed by atoms with Crippen LogP contribution in [-0.2, 0) is 14.3 Å². The van der Waals surface area contributed by atoms with Crippen molar-refractivity contribution < 1.29 is 24.5 Å². The second kappa shape index (κ2) is 50.5. The number of hydrogen-bond donors (Lipinski definition) is 3. The van der Waals surface area contributed by atoms with Gasteiger partial charge in [-0.2, -0.15) is 0 Å². The Balaban J connectivity index is 3.41. The van der Waals surface area contributed by atoms with Crippen LogP contribution in [0.2, 0.25) is 0 Å². The van der Waals surface area contributed by atoms with Gasteiger partial charge < -0.3 is 20.3 Å². The number of nitrogens with one attached hydrogen (secondary N) is 1. The molecule has 2 unspecified atom stereocenters. The van der Waals surface area contributed by atoms with E-state index >= 15 is 0 Å². The minimum Gasteiger partial charge on any atom is -0.466 e. The van der Waals surface area contributed by atoms with Crippen LogP contribution in [0.3, 0.4) is 0 Å². The van der Waals surface area contributed by atoms with Crippen LogP contribution in [-0.4, -0.2) is 47.4 Å². The molecule has 0 radical (unpaired) electrons. The normalized spacial score (nSPS) is 12.5. The highest BCUT2D eigenvalue weighted by atomic mass is 16.5. The summed E-state index contributed by atoms with van der Waals surface area (Å²) in [5.41, 5.74) is 0. The van der Waals surface area contributed by atoms with Crippen LogP contribution < -0.4 is 5.32 Å². The second-order valence-corrected chi connectivity index (χ2v) is 18.9. The highest BCUT2D eigenvalue weighted by Gasteiger charge is 2.20. The summed E-state index contributed by atoms with van der Waals surface area (Å²) in [4.78, 5) is 24.5. The molecule has 0 aromatic heterocycles. The Labute approximate surface area is 375 Å². The molecule has 358 valence electrons. The lowest BCUT2D eigenvalue weighted by Crippen LogP contribution is -2.45. The number of aliphatic hydroxyl groups is 2. The minimum atomic E-state index is -0.666. The molecule has 0 rings (SSSR count). The highest BCUT2D eigenvalue weighted by Crippen LogP contribution is 2.17. The molecule has 2 atom stereocenters. The lowest BCUT2D eigenvalue weighted by atomic mass is 10.0.